The van der Waals surface area contributed by atoms with Gasteiger partial charge in [0.15, 0.2) is 0 Å². The summed E-state index contributed by atoms with van der Waals surface area (Å²) in [7, 11) is 2.22. The number of likely N-dealkylation sites (N-methyl/N-ethyl adjacent to an activating group) is 1. The van der Waals surface area contributed by atoms with Crippen LogP contribution in [0.25, 0.3) is 10.9 Å². The second-order valence-corrected chi connectivity index (χ2v) is 7.90. The van der Waals surface area contributed by atoms with Crippen LogP contribution >= 0.6 is 0 Å². The van der Waals surface area contributed by atoms with Crippen LogP contribution in [0.4, 0.5) is 5.82 Å². The highest BCUT2D eigenvalue weighted by Crippen LogP contribution is 2.28. The Balaban J connectivity index is 1.38. The van der Waals surface area contributed by atoms with Crippen LogP contribution < -0.4 is 5.32 Å². The first-order valence-electron chi connectivity index (χ1n) is 10.0. The summed E-state index contributed by atoms with van der Waals surface area (Å²) in [4.78, 5) is 14.0. The molecule has 142 valence electrons. The number of hydrogen-bond acceptors (Lipinski definition) is 6. The fraction of sp³-hybridized carbons (Fsp3) is 0.571. The molecule has 4 rings (SSSR count). The Morgan fingerprint density at radius 2 is 1.89 bits per heavy atom. The van der Waals surface area contributed by atoms with Crippen LogP contribution in [-0.4, -0.2) is 65.1 Å². The van der Waals surface area contributed by atoms with E-state index in [1.165, 1.54) is 51.9 Å². The molecule has 1 aliphatic carbocycles. The van der Waals surface area contributed by atoms with Crippen LogP contribution in [-0.2, 0) is 6.42 Å². The molecular formula is C21H28N6. The Morgan fingerprint density at radius 3 is 2.63 bits per heavy atom. The summed E-state index contributed by atoms with van der Waals surface area (Å²) < 4.78 is 0. The lowest BCUT2D eigenvalue weighted by Gasteiger charge is -2.41. The fourth-order valence-electron chi connectivity index (χ4n) is 4.38. The summed E-state index contributed by atoms with van der Waals surface area (Å²) in [6, 6.07) is 9.46. The molecule has 2 aliphatic rings. The van der Waals surface area contributed by atoms with Crippen molar-refractivity contribution in [2.75, 3.05) is 38.5 Å². The van der Waals surface area contributed by atoms with Crippen molar-refractivity contribution in [2.45, 2.75) is 44.2 Å². The molecule has 1 aliphatic heterocycles. The largest absolute Gasteiger partial charge is 0.367 e. The zero-order valence-electron chi connectivity index (χ0n) is 16.1. The molecule has 0 bridgehead atoms. The van der Waals surface area contributed by atoms with Gasteiger partial charge in [-0.15, -0.1) is 0 Å². The Morgan fingerprint density at radius 1 is 1.11 bits per heavy atom. The highest BCUT2D eigenvalue weighted by atomic mass is 15.3. The number of nitrogens with zero attached hydrogens (tertiary/aromatic N) is 5. The van der Waals surface area contributed by atoms with Gasteiger partial charge in [-0.2, -0.15) is 5.26 Å². The van der Waals surface area contributed by atoms with E-state index in [1.807, 2.05) is 18.2 Å². The smallest absolute Gasteiger partial charge is 0.137 e. The minimum Gasteiger partial charge on any atom is -0.367 e. The van der Waals surface area contributed by atoms with Gasteiger partial charge in [0, 0.05) is 43.6 Å². The molecule has 1 N–H and O–H groups in total. The topological polar surface area (TPSA) is 68.1 Å². The zero-order valence-corrected chi connectivity index (χ0v) is 16.1. The zero-order chi connectivity index (χ0) is 18.6. The van der Waals surface area contributed by atoms with E-state index >= 15 is 0 Å². The number of nitrogens with one attached hydrogen (secondary N) is 1. The van der Waals surface area contributed by atoms with E-state index in [2.05, 4.69) is 38.2 Å². The van der Waals surface area contributed by atoms with Gasteiger partial charge in [0.05, 0.1) is 18.0 Å². The van der Waals surface area contributed by atoms with E-state index in [0.29, 0.717) is 12.5 Å². The Kier molecular flexibility index (Phi) is 5.51. The molecule has 6 nitrogen and oxygen atoms in total. The third kappa shape index (κ3) is 4.20. The standard InChI is InChI=1S/C21H28N6/c1-26-10-12-27(13-11-26)18-5-3-17(4-6-18)25-21-19-7-2-16(8-9-22)14-20(19)23-15-24-21/h2,7,14-15,17-18H,3-6,8,10-13H2,1H3,(H,23,24,25)/t17-,18+. The van der Waals surface area contributed by atoms with E-state index in [-0.39, 0.29) is 0 Å². The van der Waals surface area contributed by atoms with Crippen molar-refractivity contribution in [3.8, 4) is 6.07 Å². The molecule has 2 heterocycles. The maximum atomic E-state index is 8.89. The predicted molar refractivity (Wildman–Crippen MR) is 108 cm³/mol. The number of hydrogen-bond donors (Lipinski definition) is 1. The highest BCUT2D eigenvalue weighted by Gasteiger charge is 2.27. The Hall–Kier alpha value is -2.23. The minimum atomic E-state index is 0.416. The molecular weight excluding hydrogens is 336 g/mol. The SMILES string of the molecule is CN1CCN([C@H]2CC[C@@H](Nc3ncnc4cc(CC#N)ccc34)CC2)CC1. The number of aromatic nitrogens is 2. The van der Waals surface area contributed by atoms with Gasteiger partial charge in [0.25, 0.3) is 0 Å². The van der Waals surface area contributed by atoms with Crippen LogP contribution in [0.15, 0.2) is 24.5 Å². The first kappa shape index (κ1) is 18.1. The second-order valence-electron chi connectivity index (χ2n) is 7.90. The minimum absolute atomic E-state index is 0.416. The van der Waals surface area contributed by atoms with E-state index in [9.17, 15) is 0 Å². The van der Waals surface area contributed by atoms with E-state index in [4.69, 9.17) is 5.26 Å². The van der Waals surface area contributed by atoms with E-state index in [0.717, 1.165) is 28.3 Å². The summed E-state index contributed by atoms with van der Waals surface area (Å²) in [6.45, 7) is 4.81. The lowest BCUT2D eigenvalue weighted by molar-refractivity contribution is 0.0894. The van der Waals surface area contributed by atoms with Crippen molar-refractivity contribution in [1.29, 1.82) is 5.26 Å². The van der Waals surface area contributed by atoms with Gasteiger partial charge in [-0.3, -0.25) is 4.90 Å². The van der Waals surface area contributed by atoms with Gasteiger partial charge in [0.1, 0.15) is 12.1 Å². The summed E-state index contributed by atoms with van der Waals surface area (Å²) in [5, 5.41) is 13.6. The van der Waals surface area contributed by atoms with Crippen LogP contribution in [0, 0.1) is 11.3 Å². The maximum absolute atomic E-state index is 8.89. The Labute approximate surface area is 161 Å². The summed E-state index contributed by atoms with van der Waals surface area (Å²) in [5.41, 5.74) is 1.91. The average molecular weight is 364 g/mol. The van der Waals surface area contributed by atoms with Crippen molar-refractivity contribution in [1.82, 2.24) is 19.8 Å². The molecule has 27 heavy (non-hydrogen) atoms. The molecule has 1 aromatic carbocycles. The molecule has 0 radical (unpaired) electrons. The van der Waals surface area contributed by atoms with Gasteiger partial charge >= 0.3 is 0 Å². The van der Waals surface area contributed by atoms with Crippen molar-refractivity contribution in [2.24, 2.45) is 0 Å². The van der Waals surface area contributed by atoms with Gasteiger partial charge in [-0.25, -0.2) is 9.97 Å². The third-order valence-corrected chi connectivity index (χ3v) is 6.08. The molecule has 1 aromatic heterocycles. The number of rotatable bonds is 4. The average Bonchev–Trinajstić information content (AvgIpc) is 2.70. The lowest BCUT2D eigenvalue weighted by atomic mass is 9.89. The molecule has 2 aromatic rings. The van der Waals surface area contributed by atoms with Gasteiger partial charge in [-0.1, -0.05) is 6.07 Å². The molecule has 1 saturated carbocycles. The predicted octanol–water partition coefficient (Wildman–Crippen LogP) is 2.67. The molecule has 0 spiro atoms. The number of fused-ring (bicyclic) bond motifs is 1. The van der Waals surface area contributed by atoms with Crippen LogP contribution in [0.2, 0.25) is 0 Å². The molecule has 2 fully saturated rings. The van der Waals surface area contributed by atoms with Crippen molar-refractivity contribution in [3.05, 3.63) is 30.1 Å². The number of piperazine rings is 1. The molecule has 1 saturated heterocycles. The summed E-state index contributed by atoms with van der Waals surface area (Å²) in [6.07, 6.45) is 6.94. The first-order chi connectivity index (χ1) is 13.2. The van der Waals surface area contributed by atoms with Crippen LogP contribution in [0.5, 0.6) is 0 Å². The summed E-state index contributed by atoms with van der Waals surface area (Å²) >= 11 is 0. The second kappa shape index (κ2) is 8.20. The van der Waals surface area contributed by atoms with Crippen molar-refractivity contribution < 1.29 is 0 Å². The first-order valence-corrected chi connectivity index (χ1v) is 10.0. The monoisotopic (exact) mass is 364 g/mol. The van der Waals surface area contributed by atoms with Gasteiger partial charge in [-0.05, 0) is 50.4 Å². The molecule has 0 unspecified atom stereocenters. The quantitative estimate of drug-likeness (QED) is 0.900. The number of anilines is 1. The number of nitriles is 1. The Bertz CT molecular complexity index is 813. The third-order valence-electron chi connectivity index (χ3n) is 6.08. The molecule has 6 heteroatoms. The normalized spacial score (nSPS) is 24.6. The maximum Gasteiger partial charge on any atom is 0.137 e. The van der Waals surface area contributed by atoms with Crippen LogP contribution in [0.3, 0.4) is 0 Å². The van der Waals surface area contributed by atoms with Crippen molar-refractivity contribution in [3.63, 3.8) is 0 Å². The lowest BCUT2D eigenvalue weighted by Crippen LogP contribution is -2.50. The fourth-order valence-corrected chi connectivity index (χ4v) is 4.38. The van der Waals surface area contributed by atoms with Crippen LogP contribution in [0.1, 0.15) is 31.2 Å². The molecule has 0 atom stereocenters. The van der Waals surface area contributed by atoms with E-state index in [1.54, 1.807) is 6.33 Å². The highest BCUT2D eigenvalue weighted by molar-refractivity contribution is 5.89. The van der Waals surface area contributed by atoms with E-state index < -0.39 is 0 Å². The van der Waals surface area contributed by atoms with Gasteiger partial charge < -0.3 is 10.2 Å². The summed E-state index contributed by atoms with van der Waals surface area (Å²) in [5.74, 6) is 0.923. The van der Waals surface area contributed by atoms with Gasteiger partial charge in [0.2, 0.25) is 0 Å². The molecule has 0 amide bonds. The van der Waals surface area contributed by atoms with Crippen molar-refractivity contribution >= 4 is 16.7 Å². The number of benzene rings is 1.